The molecule has 1 saturated heterocycles. The van der Waals surface area contributed by atoms with Crippen molar-refractivity contribution in [2.75, 3.05) is 18.1 Å². The van der Waals surface area contributed by atoms with E-state index in [1.807, 2.05) is 0 Å². The fraction of sp³-hybridized carbons (Fsp3) is 0.500. The molecular formula is C14H16F3N3OS. The van der Waals surface area contributed by atoms with Crippen molar-refractivity contribution in [1.29, 1.82) is 0 Å². The molecule has 3 atom stereocenters. The lowest BCUT2D eigenvalue weighted by Gasteiger charge is -2.37. The van der Waals surface area contributed by atoms with Gasteiger partial charge in [-0.15, -0.1) is 0 Å². The van der Waals surface area contributed by atoms with Gasteiger partial charge in [-0.05, 0) is 18.2 Å². The van der Waals surface area contributed by atoms with Crippen LogP contribution in [-0.4, -0.2) is 29.6 Å². The molecule has 8 heteroatoms. The second kappa shape index (κ2) is 5.06. The third kappa shape index (κ3) is 2.34. The van der Waals surface area contributed by atoms with Crippen molar-refractivity contribution in [2.45, 2.75) is 24.5 Å². The zero-order valence-corrected chi connectivity index (χ0v) is 12.7. The summed E-state index contributed by atoms with van der Waals surface area (Å²) in [5.41, 5.74) is 10.7. The number of fused-ring (bicyclic) bond motifs is 1. The van der Waals surface area contributed by atoms with Crippen LogP contribution in [0.1, 0.15) is 12.5 Å². The molecule has 1 aromatic rings. The Labute approximate surface area is 130 Å². The molecule has 0 aliphatic carbocycles. The molecule has 2 aliphatic heterocycles. The van der Waals surface area contributed by atoms with E-state index in [-0.39, 0.29) is 23.1 Å². The first kappa shape index (κ1) is 15.5. The molecule has 2 aliphatic rings. The number of halogens is 3. The molecule has 4 nitrogen and oxygen atoms in total. The van der Waals surface area contributed by atoms with Crippen LogP contribution in [0, 0.1) is 11.7 Å². The van der Waals surface area contributed by atoms with Gasteiger partial charge in [0, 0.05) is 29.8 Å². The summed E-state index contributed by atoms with van der Waals surface area (Å²) in [5.74, 6) is -3.99. The minimum Gasteiger partial charge on any atom is -0.399 e. The van der Waals surface area contributed by atoms with Gasteiger partial charge >= 0.3 is 0 Å². The van der Waals surface area contributed by atoms with Crippen LogP contribution < -0.4 is 11.5 Å². The highest BCUT2D eigenvalue weighted by Crippen LogP contribution is 2.51. The third-order valence-electron chi connectivity index (χ3n) is 4.14. The van der Waals surface area contributed by atoms with E-state index >= 15 is 0 Å². The van der Waals surface area contributed by atoms with Gasteiger partial charge in [0.2, 0.25) is 0 Å². The van der Waals surface area contributed by atoms with E-state index in [1.54, 1.807) is 0 Å². The van der Waals surface area contributed by atoms with E-state index in [9.17, 15) is 13.2 Å². The summed E-state index contributed by atoms with van der Waals surface area (Å²) in [4.78, 5) is 4.32. The Kier molecular flexibility index (Phi) is 3.56. The summed E-state index contributed by atoms with van der Waals surface area (Å²) in [5, 5.41) is 0.238. The first-order chi connectivity index (χ1) is 10.2. The third-order valence-corrected chi connectivity index (χ3v) is 5.05. The minimum absolute atomic E-state index is 0.145. The number of hydrogen-bond acceptors (Lipinski definition) is 5. The number of alkyl halides is 2. The van der Waals surface area contributed by atoms with Crippen LogP contribution in [0.5, 0.6) is 0 Å². The largest absolute Gasteiger partial charge is 0.399 e. The number of amidine groups is 1. The van der Waals surface area contributed by atoms with Crippen molar-refractivity contribution < 1.29 is 17.9 Å². The number of hydrogen-bond donors (Lipinski definition) is 2. The van der Waals surface area contributed by atoms with Gasteiger partial charge in [-0.1, -0.05) is 11.8 Å². The molecule has 4 N–H and O–H groups in total. The van der Waals surface area contributed by atoms with Gasteiger partial charge < -0.3 is 16.2 Å². The molecule has 0 radical (unpaired) electrons. The summed E-state index contributed by atoms with van der Waals surface area (Å²) in [6.07, 6.45) is -1.34. The van der Waals surface area contributed by atoms with Gasteiger partial charge in [0.05, 0.1) is 6.61 Å². The summed E-state index contributed by atoms with van der Waals surface area (Å²) in [7, 11) is 0. The zero-order valence-electron chi connectivity index (χ0n) is 11.9. The molecule has 0 spiro atoms. The molecule has 1 aromatic carbocycles. The predicted octanol–water partition coefficient (Wildman–Crippen LogP) is 2.33. The van der Waals surface area contributed by atoms with Crippen molar-refractivity contribution in [3.8, 4) is 0 Å². The number of anilines is 1. The summed E-state index contributed by atoms with van der Waals surface area (Å²) in [6.45, 7) is 0.656. The van der Waals surface area contributed by atoms with Crippen molar-refractivity contribution in [3.05, 3.63) is 29.6 Å². The van der Waals surface area contributed by atoms with Crippen LogP contribution in [0.2, 0.25) is 0 Å². The molecule has 2 heterocycles. The van der Waals surface area contributed by atoms with E-state index in [2.05, 4.69) is 4.99 Å². The number of nitrogens with zero attached hydrogens (tertiary/aromatic N) is 1. The lowest BCUT2D eigenvalue weighted by molar-refractivity contribution is -0.113. The van der Waals surface area contributed by atoms with Crippen LogP contribution in [-0.2, 0) is 10.3 Å². The lowest BCUT2D eigenvalue weighted by atomic mass is 9.77. The van der Waals surface area contributed by atoms with Crippen LogP contribution in [0.25, 0.3) is 0 Å². The number of thioether (sulfide) groups is 1. The van der Waals surface area contributed by atoms with Crippen LogP contribution in [0.4, 0.5) is 18.9 Å². The number of nitrogen functional groups attached to an aromatic ring is 1. The molecule has 22 heavy (non-hydrogen) atoms. The van der Waals surface area contributed by atoms with E-state index < -0.39 is 29.3 Å². The maximum absolute atomic E-state index is 14.3. The molecule has 0 saturated carbocycles. The standard InChI is InChI=1S/C14H16F3N3OS/c1-13(16,17)11-9-5-22-12(19)20-14(9,6-21-11)8-4-7(18)2-3-10(8)15/h2-4,9,11H,5-6,18H2,1H3,(H2,19,20)/t9-,11+,14-/m1/s1. The number of benzene rings is 1. The van der Waals surface area contributed by atoms with E-state index in [4.69, 9.17) is 16.2 Å². The average molecular weight is 331 g/mol. The van der Waals surface area contributed by atoms with E-state index in [0.717, 1.165) is 6.92 Å². The smallest absolute Gasteiger partial charge is 0.271 e. The Bertz CT molecular complexity index is 634. The van der Waals surface area contributed by atoms with Gasteiger partial charge in [-0.25, -0.2) is 18.2 Å². The lowest BCUT2D eigenvalue weighted by Crippen LogP contribution is -2.46. The SMILES string of the molecule is CC(F)(F)[C@H]1OC[C@]2(c3cc(N)ccc3F)N=C(N)SC[C@H]12. The van der Waals surface area contributed by atoms with Crippen molar-refractivity contribution in [1.82, 2.24) is 0 Å². The van der Waals surface area contributed by atoms with E-state index in [1.165, 1.54) is 30.0 Å². The Balaban J connectivity index is 2.15. The second-order valence-electron chi connectivity index (χ2n) is 5.72. The molecule has 0 bridgehead atoms. The van der Waals surface area contributed by atoms with Crippen molar-refractivity contribution in [3.63, 3.8) is 0 Å². The van der Waals surface area contributed by atoms with Gasteiger partial charge in [0.25, 0.3) is 5.92 Å². The Morgan fingerprint density at radius 3 is 2.82 bits per heavy atom. The maximum Gasteiger partial charge on any atom is 0.271 e. The topological polar surface area (TPSA) is 73.6 Å². The Hall–Kier alpha value is -1.41. The molecule has 120 valence electrons. The normalized spacial score (nSPS) is 31.7. The highest BCUT2D eigenvalue weighted by Gasteiger charge is 2.59. The zero-order chi connectivity index (χ0) is 16.1. The number of nitrogens with two attached hydrogens (primary N) is 2. The highest BCUT2D eigenvalue weighted by molar-refractivity contribution is 8.13. The van der Waals surface area contributed by atoms with Gasteiger partial charge in [0.15, 0.2) is 5.17 Å². The molecule has 1 fully saturated rings. The second-order valence-corrected chi connectivity index (χ2v) is 6.76. The first-order valence-corrected chi connectivity index (χ1v) is 7.75. The quantitative estimate of drug-likeness (QED) is 0.816. The first-order valence-electron chi connectivity index (χ1n) is 6.77. The highest BCUT2D eigenvalue weighted by atomic mass is 32.2. The summed E-state index contributed by atoms with van der Waals surface area (Å²) in [6, 6.07) is 4.05. The molecule has 3 rings (SSSR count). The van der Waals surface area contributed by atoms with E-state index in [0.29, 0.717) is 5.69 Å². The monoisotopic (exact) mass is 331 g/mol. The average Bonchev–Trinajstić information content (AvgIpc) is 2.80. The summed E-state index contributed by atoms with van der Waals surface area (Å²) >= 11 is 1.18. The molecular weight excluding hydrogens is 315 g/mol. The van der Waals surface area contributed by atoms with Crippen molar-refractivity contribution >= 4 is 22.6 Å². The van der Waals surface area contributed by atoms with Crippen LogP contribution >= 0.6 is 11.8 Å². The molecule has 0 aromatic heterocycles. The van der Waals surface area contributed by atoms with Crippen molar-refractivity contribution in [2.24, 2.45) is 16.6 Å². The minimum atomic E-state index is -3.05. The fourth-order valence-corrected chi connectivity index (χ4v) is 4.18. The maximum atomic E-state index is 14.3. The van der Waals surface area contributed by atoms with Gasteiger partial charge in [0.1, 0.15) is 17.5 Å². The fourth-order valence-electron chi connectivity index (χ4n) is 3.15. The van der Waals surface area contributed by atoms with Crippen LogP contribution in [0.15, 0.2) is 23.2 Å². The molecule has 0 amide bonds. The van der Waals surface area contributed by atoms with Gasteiger partial charge in [-0.3, -0.25) is 0 Å². The Morgan fingerprint density at radius 2 is 2.14 bits per heavy atom. The summed E-state index contributed by atoms with van der Waals surface area (Å²) < 4.78 is 47.3. The number of rotatable bonds is 2. The molecule has 0 unspecified atom stereocenters. The van der Waals surface area contributed by atoms with Crippen LogP contribution in [0.3, 0.4) is 0 Å². The number of ether oxygens (including phenoxy) is 1. The Morgan fingerprint density at radius 1 is 1.41 bits per heavy atom. The predicted molar refractivity (Wildman–Crippen MR) is 80.4 cm³/mol. The van der Waals surface area contributed by atoms with Gasteiger partial charge in [-0.2, -0.15) is 0 Å². The number of aliphatic imine (C=N–C) groups is 1.